The van der Waals surface area contributed by atoms with Crippen LogP contribution in [0.4, 0.5) is 0 Å². The Kier molecular flexibility index (Phi) is 6.80. The van der Waals surface area contributed by atoms with E-state index in [1.54, 1.807) is 6.92 Å². The molecule has 3 atom stereocenters. The fourth-order valence-electron chi connectivity index (χ4n) is 2.12. The molecule has 6 heteroatoms. The first kappa shape index (κ1) is 15.9. The molecule has 1 saturated heterocycles. The van der Waals surface area contributed by atoms with E-state index < -0.39 is 18.1 Å². The van der Waals surface area contributed by atoms with E-state index in [1.807, 2.05) is 6.92 Å². The molecule has 0 aromatic carbocycles. The molecule has 0 saturated carbocycles. The molecule has 0 aromatic heterocycles. The number of hydrogen-bond acceptors (Lipinski definition) is 4. The fourth-order valence-corrected chi connectivity index (χ4v) is 2.12. The molecular formula is C13H24N2O4. The highest BCUT2D eigenvalue weighted by molar-refractivity contribution is 5.82. The minimum absolute atomic E-state index is 0.0991. The normalized spacial score (nSPS) is 21.9. The quantitative estimate of drug-likeness (QED) is 0.599. The SMILES string of the molecule is CCCC(NC(C)C(=O)NCC1CCCO1)C(=O)O. The Bertz CT molecular complexity index is 303. The summed E-state index contributed by atoms with van der Waals surface area (Å²) in [5, 5.41) is 14.7. The maximum absolute atomic E-state index is 11.8. The van der Waals surface area contributed by atoms with E-state index >= 15 is 0 Å². The van der Waals surface area contributed by atoms with Gasteiger partial charge in [-0.25, -0.2) is 0 Å². The van der Waals surface area contributed by atoms with Crippen molar-refractivity contribution in [3.8, 4) is 0 Å². The average Bonchev–Trinajstić information content (AvgIpc) is 2.88. The number of carboxylic acids is 1. The minimum atomic E-state index is -0.916. The van der Waals surface area contributed by atoms with E-state index in [-0.39, 0.29) is 12.0 Å². The van der Waals surface area contributed by atoms with Crippen LogP contribution >= 0.6 is 0 Å². The van der Waals surface area contributed by atoms with Crippen LogP contribution in [0.15, 0.2) is 0 Å². The lowest BCUT2D eigenvalue weighted by Crippen LogP contribution is -2.50. The molecule has 1 aliphatic heterocycles. The van der Waals surface area contributed by atoms with Crippen LogP contribution < -0.4 is 10.6 Å². The first-order valence-electron chi connectivity index (χ1n) is 6.92. The number of ether oxygens (including phenoxy) is 1. The second kappa shape index (κ2) is 8.12. The predicted molar refractivity (Wildman–Crippen MR) is 70.9 cm³/mol. The summed E-state index contributed by atoms with van der Waals surface area (Å²) in [5.41, 5.74) is 0. The van der Waals surface area contributed by atoms with Crippen LogP contribution in [0, 0.1) is 0 Å². The Morgan fingerprint density at radius 3 is 2.74 bits per heavy atom. The zero-order valence-electron chi connectivity index (χ0n) is 11.6. The van der Waals surface area contributed by atoms with Crippen molar-refractivity contribution >= 4 is 11.9 Å². The van der Waals surface area contributed by atoms with Gasteiger partial charge in [0.25, 0.3) is 0 Å². The van der Waals surface area contributed by atoms with Crippen molar-refractivity contribution in [1.29, 1.82) is 0 Å². The summed E-state index contributed by atoms with van der Waals surface area (Å²) in [6.07, 6.45) is 3.37. The van der Waals surface area contributed by atoms with Gasteiger partial charge in [-0.1, -0.05) is 13.3 Å². The summed E-state index contributed by atoms with van der Waals surface area (Å²) in [5.74, 6) is -1.10. The van der Waals surface area contributed by atoms with E-state index in [0.29, 0.717) is 13.0 Å². The third-order valence-electron chi connectivity index (χ3n) is 3.25. The number of hydrogen-bond donors (Lipinski definition) is 3. The molecule has 1 heterocycles. The molecule has 1 aliphatic rings. The van der Waals surface area contributed by atoms with Gasteiger partial charge in [0.15, 0.2) is 0 Å². The Labute approximate surface area is 113 Å². The molecule has 1 amide bonds. The van der Waals surface area contributed by atoms with Gasteiger partial charge in [-0.2, -0.15) is 0 Å². The third-order valence-corrected chi connectivity index (χ3v) is 3.25. The van der Waals surface area contributed by atoms with Gasteiger partial charge in [0.05, 0.1) is 12.1 Å². The maximum Gasteiger partial charge on any atom is 0.320 e. The zero-order chi connectivity index (χ0) is 14.3. The summed E-state index contributed by atoms with van der Waals surface area (Å²) in [6, 6.07) is -1.19. The molecular weight excluding hydrogens is 248 g/mol. The summed E-state index contributed by atoms with van der Waals surface area (Å²) in [4.78, 5) is 22.8. The van der Waals surface area contributed by atoms with Crippen molar-refractivity contribution in [3.63, 3.8) is 0 Å². The molecule has 3 N–H and O–H groups in total. The smallest absolute Gasteiger partial charge is 0.320 e. The molecule has 0 spiro atoms. The Morgan fingerprint density at radius 1 is 1.47 bits per heavy atom. The second-order valence-electron chi connectivity index (χ2n) is 4.95. The van der Waals surface area contributed by atoms with Gasteiger partial charge in [-0.3, -0.25) is 14.9 Å². The lowest BCUT2D eigenvalue weighted by Gasteiger charge is -2.20. The lowest BCUT2D eigenvalue weighted by molar-refractivity contribution is -0.140. The lowest BCUT2D eigenvalue weighted by atomic mass is 10.1. The second-order valence-corrected chi connectivity index (χ2v) is 4.95. The largest absolute Gasteiger partial charge is 0.480 e. The topological polar surface area (TPSA) is 87.7 Å². The van der Waals surface area contributed by atoms with E-state index in [1.165, 1.54) is 0 Å². The molecule has 110 valence electrons. The van der Waals surface area contributed by atoms with Crippen molar-refractivity contribution in [2.45, 2.75) is 57.7 Å². The van der Waals surface area contributed by atoms with Gasteiger partial charge < -0.3 is 15.2 Å². The first-order valence-corrected chi connectivity index (χ1v) is 6.92. The third kappa shape index (κ3) is 5.57. The van der Waals surface area contributed by atoms with Crippen LogP contribution in [0.2, 0.25) is 0 Å². The molecule has 3 unspecified atom stereocenters. The van der Waals surface area contributed by atoms with Crippen LogP contribution in [0.25, 0.3) is 0 Å². The number of amides is 1. The number of rotatable bonds is 8. The summed E-state index contributed by atoms with van der Waals surface area (Å²) in [7, 11) is 0. The summed E-state index contributed by atoms with van der Waals surface area (Å²) >= 11 is 0. The molecule has 1 rings (SSSR count). The Hall–Kier alpha value is -1.14. The summed E-state index contributed by atoms with van der Waals surface area (Å²) in [6.45, 7) is 4.85. The van der Waals surface area contributed by atoms with Crippen LogP contribution in [0.3, 0.4) is 0 Å². The van der Waals surface area contributed by atoms with Crippen LogP contribution in [0.1, 0.15) is 39.5 Å². The van der Waals surface area contributed by atoms with Crippen molar-refractivity contribution < 1.29 is 19.4 Å². The van der Waals surface area contributed by atoms with Crippen LogP contribution in [0.5, 0.6) is 0 Å². The molecule has 0 aromatic rings. The fraction of sp³-hybridized carbons (Fsp3) is 0.846. The molecule has 0 aliphatic carbocycles. The Morgan fingerprint density at radius 2 is 2.21 bits per heavy atom. The number of nitrogens with one attached hydrogen (secondary N) is 2. The number of aliphatic carboxylic acids is 1. The predicted octanol–water partition coefficient (Wildman–Crippen LogP) is 0.513. The van der Waals surface area contributed by atoms with Crippen molar-refractivity contribution in [3.05, 3.63) is 0 Å². The zero-order valence-corrected chi connectivity index (χ0v) is 11.6. The number of carbonyl (C=O) groups excluding carboxylic acids is 1. The minimum Gasteiger partial charge on any atom is -0.480 e. The van der Waals surface area contributed by atoms with E-state index in [2.05, 4.69) is 10.6 Å². The molecule has 19 heavy (non-hydrogen) atoms. The highest BCUT2D eigenvalue weighted by atomic mass is 16.5. The maximum atomic E-state index is 11.8. The molecule has 0 bridgehead atoms. The van der Waals surface area contributed by atoms with Crippen molar-refractivity contribution in [2.75, 3.05) is 13.2 Å². The van der Waals surface area contributed by atoms with E-state index in [4.69, 9.17) is 9.84 Å². The summed E-state index contributed by atoms with van der Waals surface area (Å²) < 4.78 is 5.41. The van der Waals surface area contributed by atoms with Gasteiger partial charge >= 0.3 is 5.97 Å². The molecule has 0 radical (unpaired) electrons. The highest BCUT2D eigenvalue weighted by Gasteiger charge is 2.23. The van der Waals surface area contributed by atoms with Gasteiger partial charge in [0.1, 0.15) is 6.04 Å². The van der Waals surface area contributed by atoms with Crippen LogP contribution in [-0.4, -0.2) is 48.3 Å². The van der Waals surface area contributed by atoms with Crippen molar-refractivity contribution in [2.24, 2.45) is 0 Å². The average molecular weight is 272 g/mol. The van der Waals surface area contributed by atoms with Gasteiger partial charge in [-0.15, -0.1) is 0 Å². The van der Waals surface area contributed by atoms with Crippen LogP contribution in [-0.2, 0) is 14.3 Å². The Balaban J connectivity index is 2.31. The first-order chi connectivity index (χ1) is 9.04. The molecule has 1 fully saturated rings. The monoisotopic (exact) mass is 272 g/mol. The van der Waals surface area contributed by atoms with Crippen molar-refractivity contribution in [1.82, 2.24) is 10.6 Å². The van der Waals surface area contributed by atoms with Gasteiger partial charge in [0, 0.05) is 13.2 Å². The standard InChI is InChI=1S/C13H24N2O4/c1-3-5-11(13(17)18)15-9(2)12(16)14-8-10-6-4-7-19-10/h9-11,15H,3-8H2,1-2H3,(H,14,16)(H,17,18). The van der Waals surface area contributed by atoms with Gasteiger partial charge in [-0.05, 0) is 26.2 Å². The highest BCUT2D eigenvalue weighted by Crippen LogP contribution is 2.10. The van der Waals surface area contributed by atoms with E-state index in [9.17, 15) is 9.59 Å². The van der Waals surface area contributed by atoms with Gasteiger partial charge in [0.2, 0.25) is 5.91 Å². The molecule has 6 nitrogen and oxygen atoms in total. The number of carbonyl (C=O) groups is 2. The number of carboxylic acid groups (broad SMARTS) is 1. The van der Waals surface area contributed by atoms with E-state index in [0.717, 1.165) is 25.9 Å².